The van der Waals surface area contributed by atoms with Gasteiger partial charge in [-0.1, -0.05) is 39.0 Å². The molecule has 0 spiro atoms. The molecule has 0 bridgehead atoms. The average molecular weight is 346 g/mol. The van der Waals surface area contributed by atoms with E-state index < -0.39 is 0 Å². The molecule has 2 aromatic carbocycles. The van der Waals surface area contributed by atoms with Crippen LogP contribution in [0.4, 0.5) is 10.1 Å². The minimum Gasteiger partial charge on any atom is -0.495 e. The number of rotatable bonds is 4. The molecule has 0 saturated carbocycles. The Balaban J connectivity index is 2.05. The van der Waals surface area contributed by atoms with E-state index in [1.807, 2.05) is 12.1 Å². The highest BCUT2D eigenvalue weighted by atomic mass is 32.1. The van der Waals surface area contributed by atoms with E-state index in [1.165, 1.54) is 17.7 Å². The Morgan fingerprint density at radius 1 is 1.12 bits per heavy atom. The van der Waals surface area contributed by atoms with Crippen LogP contribution in [0.15, 0.2) is 42.5 Å². The first-order valence-corrected chi connectivity index (χ1v) is 8.18. The average Bonchev–Trinajstić information content (AvgIpc) is 2.53. The molecule has 0 aliphatic heterocycles. The van der Waals surface area contributed by atoms with Crippen molar-refractivity contribution in [1.29, 1.82) is 0 Å². The number of thiocarbonyl (C=S) groups is 1. The summed E-state index contributed by atoms with van der Waals surface area (Å²) in [5.41, 5.74) is 3.00. The summed E-state index contributed by atoms with van der Waals surface area (Å²) in [7, 11) is 1.63. The maximum absolute atomic E-state index is 12.9. The van der Waals surface area contributed by atoms with Crippen LogP contribution in [0, 0.1) is 5.82 Å². The number of anilines is 1. The molecule has 0 fully saturated rings. The van der Waals surface area contributed by atoms with Crippen molar-refractivity contribution in [2.24, 2.45) is 0 Å². The van der Waals surface area contributed by atoms with E-state index in [0.29, 0.717) is 11.7 Å². The first-order valence-electron chi connectivity index (χ1n) is 7.77. The predicted molar refractivity (Wildman–Crippen MR) is 101 cm³/mol. The quantitative estimate of drug-likeness (QED) is 0.792. The molecule has 128 valence electrons. The summed E-state index contributed by atoms with van der Waals surface area (Å²) < 4.78 is 18.3. The van der Waals surface area contributed by atoms with E-state index in [1.54, 1.807) is 19.2 Å². The number of nitrogens with one attached hydrogen (secondary N) is 2. The van der Waals surface area contributed by atoms with Crippen LogP contribution in [-0.4, -0.2) is 12.2 Å². The maximum atomic E-state index is 12.9. The number of benzene rings is 2. The Kier molecular flexibility index (Phi) is 5.78. The largest absolute Gasteiger partial charge is 0.495 e. The molecule has 5 heteroatoms. The molecular formula is C19H23FN2OS. The van der Waals surface area contributed by atoms with Gasteiger partial charge in [0.1, 0.15) is 11.6 Å². The lowest BCUT2D eigenvalue weighted by Crippen LogP contribution is -2.28. The van der Waals surface area contributed by atoms with Crippen molar-refractivity contribution in [3.05, 3.63) is 59.4 Å². The molecule has 2 aromatic rings. The van der Waals surface area contributed by atoms with Crippen LogP contribution < -0.4 is 15.4 Å². The molecule has 0 atom stereocenters. The van der Waals surface area contributed by atoms with Gasteiger partial charge in [-0.15, -0.1) is 0 Å². The molecule has 0 aliphatic rings. The van der Waals surface area contributed by atoms with Crippen LogP contribution in [-0.2, 0) is 12.0 Å². The molecule has 0 amide bonds. The first kappa shape index (κ1) is 18.2. The maximum Gasteiger partial charge on any atom is 0.171 e. The van der Waals surface area contributed by atoms with Crippen molar-refractivity contribution in [3.8, 4) is 5.75 Å². The van der Waals surface area contributed by atoms with E-state index in [9.17, 15) is 4.39 Å². The van der Waals surface area contributed by atoms with Gasteiger partial charge in [-0.3, -0.25) is 0 Å². The molecule has 0 aromatic heterocycles. The fourth-order valence-electron chi connectivity index (χ4n) is 2.22. The van der Waals surface area contributed by atoms with Gasteiger partial charge in [-0.25, -0.2) is 4.39 Å². The van der Waals surface area contributed by atoms with Crippen molar-refractivity contribution in [2.75, 3.05) is 12.4 Å². The normalized spacial score (nSPS) is 11.0. The van der Waals surface area contributed by atoms with Crippen LogP contribution >= 0.6 is 12.2 Å². The van der Waals surface area contributed by atoms with Crippen LogP contribution in [0.3, 0.4) is 0 Å². The Hall–Kier alpha value is -2.14. The van der Waals surface area contributed by atoms with Crippen molar-refractivity contribution < 1.29 is 9.13 Å². The first-order chi connectivity index (χ1) is 11.3. The summed E-state index contributed by atoms with van der Waals surface area (Å²) in [6.07, 6.45) is 0. The van der Waals surface area contributed by atoms with E-state index in [4.69, 9.17) is 17.0 Å². The predicted octanol–water partition coefficient (Wildman–Crippen LogP) is 4.62. The number of hydrogen-bond donors (Lipinski definition) is 2. The highest BCUT2D eigenvalue weighted by Crippen LogP contribution is 2.31. The monoisotopic (exact) mass is 346 g/mol. The highest BCUT2D eigenvalue weighted by Gasteiger charge is 2.16. The summed E-state index contributed by atoms with van der Waals surface area (Å²) in [6.45, 7) is 6.99. The third-order valence-corrected chi connectivity index (χ3v) is 3.93. The van der Waals surface area contributed by atoms with Crippen LogP contribution in [0.2, 0.25) is 0 Å². The lowest BCUT2D eigenvalue weighted by Gasteiger charge is -2.22. The van der Waals surface area contributed by atoms with Gasteiger partial charge in [0.2, 0.25) is 0 Å². The summed E-state index contributed by atoms with van der Waals surface area (Å²) in [6, 6.07) is 12.4. The third kappa shape index (κ3) is 4.93. The number of ether oxygens (including phenoxy) is 1. The zero-order valence-electron chi connectivity index (χ0n) is 14.4. The molecule has 0 unspecified atom stereocenters. The van der Waals surface area contributed by atoms with Crippen LogP contribution in [0.1, 0.15) is 31.9 Å². The van der Waals surface area contributed by atoms with E-state index in [0.717, 1.165) is 17.0 Å². The highest BCUT2D eigenvalue weighted by molar-refractivity contribution is 7.80. The number of hydrogen-bond acceptors (Lipinski definition) is 2. The van der Waals surface area contributed by atoms with Crippen LogP contribution in [0.5, 0.6) is 5.75 Å². The van der Waals surface area contributed by atoms with Gasteiger partial charge in [-0.05, 0) is 53.0 Å². The SMILES string of the molecule is COc1ccc(C(C)(C)C)cc1NC(=S)NCc1ccc(F)cc1. The van der Waals surface area contributed by atoms with Crippen molar-refractivity contribution in [2.45, 2.75) is 32.7 Å². The molecule has 24 heavy (non-hydrogen) atoms. The van der Waals surface area contributed by atoms with Crippen molar-refractivity contribution >= 4 is 23.0 Å². The number of methoxy groups -OCH3 is 1. The third-order valence-electron chi connectivity index (χ3n) is 3.68. The van der Waals surface area contributed by atoms with Gasteiger partial charge in [0.25, 0.3) is 0 Å². The summed E-state index contributed by atoms with van der Waals surface area (Å²) in [4.78, 5) is 0. The van der Waals surface area contributed by atoms with Gasteiger partial charge in [0.05, 0.1) is 12.8 Å². The topological polar surface area (TPSA) is 33.3 Å². The fourth-order valence-corrected chi connectivity index (χ4v) is 2.41. The van der Waals surface area contributed by atoms with E-state index in [-0.39, 0.29) is 11.2 Å². The second kappa shape index (κ2) is 7.62. The van der Waals surface area contributed by atoms with Gasteiger partial charge in [0.15, 0.2) is 5.11 Å². The molecular weight excluding hydrogens is 323 g/mol. The van der Waals surface area contributed by atoms with Crippen molar-refractivity contribution in [1.82, 2.24) is 5.32 Å². The summed E-state index contributed by atoms with van der Waals surface area (Å²) in [5.74, 6) is 0.483. The lowest BCUT2D eigenvalue weighted by atomic mass is 9.87. The van der Waals surface area contributed by atoms with Gasteiger partial charge >= 0.3 is 0 Å². The van der Waals surface area contributed by atoms with Gasteiger partial charge in [0, 0.05) is 6.54 Å². The Bertz CT molecular complexity index is 708. The zero-order chi connectivity index (χ0) is 17.7. The molecule has 0 heterocycles. The van der Waals surface area contributed by atoms with Crippen molar-refractivity contribution in [3.63, 3.8) is 0 Å². The fraction of sp³-hybridized carbons (Fsp3) is 0.316. The summed E-state index contributed by atoms with van der Waals surface area (Å²) >= 11 is 5.35. The standard InChI is InChI=1S/C19H23FN2OS/c1-19(2,3)14-7-10-17(23-4)16(11-14)22-18(24)21-12-13-5-8-15(20)9-6-13/h5-11H,12H2,1-4H3,(H2,21,22,24). The number of halogens is 1. The molecule has 2 rings (SSSR count). The lowest BCUT2D eigenvalue weighted by molar-refractivity contribution is 0.416. The molecule has 2 N–H and O–H groups in total. The Morgan fingerprint density at radius 3 is 2.38 bits per heavy atom. The molecule has 0 saturated heterocycles. The van der Waals surface area contributed by atoms with E-state index in [2.05, 4.69) is 37.5 Å². The van der Waals surface area contributed by atoms with Crippen LogP contribution in [0.25, 0.3) is 0 Å². The second-order valence-electron chi connectivity index (χ2n) is 6.60. The van der Waals surface area contributed by atoms with Gasteiger partial charge < -0.3 is 15.4 Å². The molecule has 0 radical (unpaired) electrons. The smallest absolute Gasteiger partial charge is 0.171 e. The molecule has 0 aliphatic carbocycles. The summed E-state index contributed by atoms with van der Waals surface area (Å²) in [5, 5.41) is 6.79. The van der Waals surface area contributed by atoms with Gasteiger partial charge in [-0.2, -0.15) is 0 Å². The van der Waals surface area contributed by atoms with E-state index >= 15 is 0 Å². The zero-order valence-corrected chi connectivity index (χ0v) is 15.3. The second-order valence-corrected chi connectivity index (χ2v) is 7.01. The molecule has 3 nitrogen and oxygen atoms in total. The minimum absolute atomic E-state index is 0.0336. The minimum atomic E-state index is -0.247. The Labute approximate surface area is 148 Å². The Morgan fingerprint density at radius 2 is 1.79 bits per heavy atom.